The number of nitrogens with zero attached hydrogens (tertiary/aromatic N) is 3. The number of hydrogen-bond acceptors (Lipinski definition) is 4. The number of carbonyl (C=O) groups is 2. The number of aromatic nitrogens is 1. The Morgan fingerprint density at radius 3 is 2.31 bits per heavy atom. The normalized spacial score (nSPS) is 10.8. The van der Waals surface area contributed by atoms with Crippen molar-refractivity contribution in [3.8, 4) is 6.07 Å². The molecule has 1 heterocycles. The zero-order valence-corrected chi connectivity index (χ0v) is 21.1. The lowest BCUT2D eigenvalue weighted by Crippen LogP contribution is -2.21. The lowest BCUT2D eigenvalue weighted by molar-refractivity contribution is 0.0685. The van der Waals surface area contributed by atoms with Crippen LogP contribution in [0.3, 0.4) is 0 Å². The van der Waals surface area contributed by atoms with Gasteiger partial charge >= 0.3 is 5.97 Å². The summed E-state index contributed by atoms with van der Waals surface area (Å²) >= 11 is 13.6. The van der Waals surface area contributed by atoms with Crippen LogP contribution >= 0.6 is 35.0 Å². The van der Waals surface area contributed by atoms with Crippen LogP contribution in [0.15, 0.2) is 70.5 Å². The van der Waals surface area contributed by atoms with Crippen molar-refractivity contribution in [1.29, 1.82) is 5.26 Å². The number of hydrogen-bond donors (Lipinski definition) is 1. The Morgan fingerprint density at radius 2 is 1.71 bits per heavy atom. The summed E-state index contributed by atoms with van der Waals surface area (Å²) in [4.78, 5) is 27.3. The number of rotatable bonds is 6. The van der Waals surface area contributed by atoms with E-state index in [-0.39, 0.29) is 18.1 Å². The van der Waals surface area contributed by atoms with E-state index < -0.39 is 5.97 Å². The second-order valence-corrected chi connectivity index (χ2v) is 9.97. The predicted octanol–water partition coefficient (Wildman–Crippen LogP) is 6.42. The van der Waals surface area contributed by atoms with Gasteiger partial charge in [0.25, 0.3) is 5.91 Å². The quantitative estimate of drug-likeness (QED) is 0.315. The maximum Gasteiger partial charge on any atom is 0.352 e. The summed E-state index contributed by atoms with van der Waals surface area (Å²) < 4.78 is 1.67. The van der Waals surface area contributed by atoms with Gasteiger partial charge in [0.2, 0.25) is 0 Å². The molecule has 4 aromatic rings. The second kappa shape index (κ2) is 10.0. The number of fused-ring (bicyclic) bond motifs is 1. The summed E-state index contributed by atoms with van der Waals surface area (Å²) in [5.41, 5.74) is 2.43. The van der Waals surface area contributed by atoms with E-state index in [1.807, 2.05) is 12.1 Å². The monoisotopic (exact) mass is 523 g/mol. The number of carboxylic acids is 1. The summed E-state index contributed by atoms with van der Waals surface area (Å²) in [6, 6.07) is 19.6. The molecule has 0 aliphatic rings. The summed E-state index contributed by atoms with van der Waals surface area (Å²) in [6.45, 7) is 0.257. The molecule has 3 aromatic carbocycles. The zero-order valence-electron chi connectivity index (χ0n) is 18.8. The molecule has 0 bridgehead atoms. The van der Waals surface area contributed by atoms with E-state index >= 15 is 0 Å². The maximum absolute atomic E-state index is 12.2. The molecule has 0 spiro atoms. The van der Waals surface area contributed by atoms with E-state index in [2.05, 4.69) is 6.07 Å². The van der Waals surface area contributed by atoms with E-state index in [9.17, 15) is 20.0 Å². The zero-order chi connectivity index (χ0) is 25.3. The van der Waals surface area contributed by atoms with Crippen LogP contribution in [-0.4, -0.2) is 40.5 Å². The number of aromatic carboxylic acids is 1. The molecule has 0 aliphatic heterocycles. The molecular weight excluding hydrogens is 505 g/mol. The molecule has 0 saturated heterocycles. The number of amides is 1. The van der Waals surface area contributed by atoms with Gasteiger partial charge in [-0.1, -0.05) is 47.1 Å². The van der Waals surface area contributed by atoms with Crippen LogP contribution in [0.5, 0.6) is 0 Å². The molecule has 4 rings (SSSR count). The van der Waals surface area contributed by atoms with Crippen molar-refractivity contribution in [3.63, 3.8) is 0 Å². The van der Waals surface area contributed by atoms with Crippen LogP contribution in [0.2, 0.25) is 10.0 Å². The molecule has 0 fully saturated rings. The molecule has 35 heavy (non-hydrogen) atoms. The standard InChI is InChI=1S/C26H19Cl2N3O3S/c1-30(2)25(32)16-5-3-15(4-6-16)14-31-23-11-19(35-18-7-8-21(27)22(28)10-18)9-17(13-29)20(23)12-24(31)26(33)34/h3-12H,14H2,1-2H3,(H,33,34). The van der Waals surface area contributed by atoms with Crippen molar-refractivity contribution >= 4 is 57.7 Å². The third-order valence-electron chi connectivity index (χ3n) is 5.41. The van der Waals surface area contributed by atoms with Crippen molar-refractivity contribution in [2.24, 2.45) is 0 Å². The highest BCUT2D eigenvalue weighted by molar-refractivity contribution is 7.99. The molecule has 0 radical (unpaired) electrons. The van der Waals surface area contributed by atoms with Crippen LogP contribution in [0, 0.1) is 11.3 Å². The first-order chi connectivity index (χ1) is 16.7. The number of benzene rings is 3. The third-order valence-corrected chi connectivity index (χ3v) is 7.11. The predicted molar refractivity (Wildman–Crippen MR) is 138 cm³/mol. The van der Waals surface area contributed by atoms with E-state index in [0.29, 0.717) is 32.1 Å². The Labute approximate surface area is 216 Å². The number of nitriles is 1. The third kappa shape index (κ3) is 5.15. The molecule has 1 amide bonds. The van der Waals surface area contributed by atoms with Crippen molar-refractivity contribution < 1.29 is 14.7 Å². The molecule has 1 aromatic heterocycles. The van der Waals surface area contributed by atoms with Crippen LogP contribution in [-0.2, 0) is 6.54 Å². The first-order valence-corrected chi connectivity index (χ1v) is 12.0. The minimum absolute atomic E-state index is 0.0710. The van der Waals surface area contributed by atoms with E-state index in [4.69, 9.17) is 23.2 Å². The van der Waals surface area contributed by atoms with Gasteiger partial charge in [-0.25, -0.2) is 4.79 Å². The van der Waals surface area contributed by atoms with Crippen molar-refractivity contribution in [1.82, 2.24) is 9.47 Å². The molecule has 176 valence electrons. The molecule has 0 unspecified atom stereocenters. The van der Waals surface area contributed by atoms with Crippen molar-refractivity contribution in [2.75, 3.05) is 14.1 Å². The summed E-state index contributed by atoms with van der Waals surface area (Å²) in [5, 5.41) is 21.1. The molecule has 9 heteroatoms. The van der Waals surface area contributed by atoms with Gasteiger partial charge in [0.05, 0.1) is 27.2 Å². The highest BCUT2D eigenvalue weighted by Gasteiger charge is 2.19. The lowest BCUT2D eigenvalue weighted by Gasteiger charge is -2.12. The Kier molecular flexibility index (Phi) is 7.08. The second-order valence-electron chi connectivity index (χ2n) is 8.01. The SMILES string of the molecule is CN(C)C(=O)c1ccc(Cn2c(C(=O)O)cc3c(C#N)cc(Sc4ccc(Cl)c(Cl)c4)cc32)cc1. The van der Waals surface area contributed by atoms with E-state index in [0.717, 1.165) is 15.4 Å². The number of carbonyl (C=O) groups excluding carboxylic acids is 1. The first-order valence-electron chi connectivity index (χ1n) is 10.4. The summed E-state index contributed by atoms with van der Waals surface area (Å²) in [6.07, 6.45) is 0. The Hall–Kier alpha value is -3.44. The topological polar surface area (TPSA) is 86.3 Å². The van der Waals surface area contributed by atoms with Crippen LogP contribution in [0.1, 0.15) is 32.0 Å². The van der Waals surface area contributed by atoms with Gasteiger partial charge < -0.3 is 14.6 Å². The molecule has 6 nitrogen and oxygen atoms in total. The Balaban J connectivity index is 1.78. The maximum atomic E-state index is 12.2. The fraction of sp³-hybridized carbons (Fsp3) is 0.115. The number of carboxylic acid groups (broad SMARTS) is 1. The molecule has 0 atom stereocenters. The van der Waals surface area contributed by atoms with Crippen LogP contribution < -0.4 is 0 Å². The minimum atomic E-state index is -1.09. The Bertz CT molecular complexity index is 1510. The van der Waals surface area contributed by atoms with E-state index in [1.54, 1.807) is 61.1 Å². The average molecular weight is 524 g/mol. The molecular formula is C26H19Cl2N3O3S. The average Bonchev–Trinajstić information content (AvgIpc) is 3.19. The van der Waals surface area contributed by atoms with Gasteiger partial charge in [0, 0.05) is 41.4 Å². The van der Waals surface area contributed by atoms with Gasteiger partial charge in [0.15, 0.2) is 0 Å². The highest BCUT2D eigenvalue weighted by Crippen LogP contribution is 2.36. The molecule has 0 aliphatic carbocycles. The highest BCUT2D eigenvalue weighted by atomic mass is 35.5. The number of halogens is 2. The van der Waals surface area contributed by atoms with Gasteiger partial charge in [-0.2, -0.15) is 5.26 Å². The molecule has 1 N–H and O–H groups in total. The van der Waals surface area contributed by atoms with Gasteiger partial charge in [0.1, 0.15) is 5.69 Å². The van der Waals surface area contributed by atoms with Gasteiger partial charge in [-0.3, -0.25) is 4.79 Å². The smallest absolute Gasteiger partial charge is 0.352 e. The first kappa shape index (κ1) is 24.7. The summed E-state index contributed by atoms with van der Waals surface area (Å²) in [5.74, 6) is -1.21. The van der Waals surface area contributed by atoms with Gasteiger partial charge in [-0.15, -0.1) is 0 Å². The van der Waals surface area contributed by atoms with Crippen LogP contribution in [0.4, 0.5) is 0 Å². The van der Waals surface area contributed by atoms with Crippen molar-refractivity contribution in [3.05, 3.63) is 93.1 Å². The minimum Gasteiger partial charge on any atom is -0.477 e. The Morgan fingerprint density at radius 1 is 1.00 bits per heavy atom. The van der Waals surface area contributed by atoms with Crippen molar-refractivity contribution in [2.45, 2.75) is 16.3 Å². The van der Waals surface area contributed by atoms with Crippen LogP contribution in [0.25, 0.3) is 10.9 Å². The van der Waals surface area contributed by atoms with Gasteiger partial charge in [-0.05, 0) is 54.1 Å². The largest absolute Gasteiger partial charge is 0.477 e. The fourth-order valence-electron chi connectivity index (χ4n) is 3.70. The fourth-order valence-corrected chi connectivity index (χ4v) is 5.00. The lowest BCUT2D eigenvalue weighted by atomic mass is 10.1. The molecule has 0 saturated carbocycles. The van der Waals surface area contributed by atoms with E-state index in [1.165, 1.54) is 22.7 Å². The summed E-state index contributed by atoms with van der Waals surface area (Å²) in [7, 11) is 3.36.